The lowest BCUT2D eigenvalue weighted by molar-refractivity contribution is -0.121. The second-order valence-electron chi connectivity index (χ2n) is 6.99. The van der Waals surface area contributed by atoms with Crippen LogP contribution in [0.5, 0.6) is 5.75 Å². The molecule has 1 N–H and O–H groups in total. The number of ether oxygens (including phenoxy) is 1. The van der Waals surface area contributed by atoms with Crippen LogP contribution in [-0.2, 0) is 11.3 Å². The number of aromatic nitrogens is 1. The lowest BCUT2D eigenvalue weighted by atomic mass is 9.88. The van der Waals surface area contributed by atoms with Crippen molar-refractivity contribution < 1.29 is 9.53 Å². The average Bonchev–Trinajstić information content (AvgIpc) is 2.74. The lowest BCUT2D eigenvalue weighted by Gasteiger charge is -2.19. The van der Waals surface area contributed by atoms with Crippen LogP contribution in [0, 0.1) is 6.92 Å². The predicted octanol–water partition coefficient (Wildman–Crippen LogP) is 3.50. The molecule has 5 nitrogen and oxygen atoms in total. The molecule has 29 heavy (non-hydrogen) atoms. The summed E-state index contributed by atoms with van der Waals surface area (Å²) in [6, 6.07) is 22.1. The Labute approximate surface area is 171 Å². The zero-order valence-electron chi connectivity index (χ0n) is 16.8. The molecule has 0 saturated heterocycles. The van der Waals surface area contributed by atoms with Crippen molar-refractivity contribution >= 4 is 5.91 Å². The van der Waals surface area contributed by atoms with Gasteiger partial charge in [0, 0.05) is 24.2 Å². The van der Waals surface area contributed by atoms with Crippen molar-refractivity contribution in [1.29, 1.82) is 0 Å². The highest BCUT2D eigenvalue weighted by Crippen LogP contribution is 2.27. The van der Waals surface area contributed by atoms with Crippen LogP contribution >= 0.6 is 0 Å². The van der Waals surface area contributed by atoms with E-state index in [9.17, 15) is 9.59 Å². The van der Waals surface area contributed by atoms with Gasteiger partial charge in [-0.15, -0.1) is 0 Å². The maximum Gasteiger partial charge on any atom is 0.239 e. The van der Waals surface area contributed by atoms with Crippen LogP contribution in [0.15, 0.2) is 77.7 Å². The minimum Gasteiger partial charge on any atom is -0.491 e. The summed E-state index contributed by atoms with van der Waals surface area (Å²) in [5.41, 5.74) is 3.00. The van der Waals surface area contributed by atoms with Gasteiger partial charge >= 0.3 is 0 Å². The Morgan fingerprint density at radius 3 is 2.17 bits per heavy atom. The minimum absolute atomic E-state index is 0.0984. The molecule has 0 bridgehead atoms. The predicted molar refractivity (Wildman–Crippen MR) is 114 cm³/mol. The molecule has 0 spiro atoms. The molecule has 0 aliphatic rings. The second-order valence-corrected chi connectivity index (χ2v) is 6.99. The third kappa shape index (κ3) is 5.35. The second kappa shape index (κ2) is 9.73. The van der Waals surface area contributed by atoms with Crippen molar-refractivity contribution in [2.75, 3.05) is 13.7 Å². The minimum atomic E-state index is -0.185. The standard InChI is InChI=1S/C24H26N2O3/c1-18-15-22(27)23(29-2)16-26(18)17-24(28)25-14-13-21(19-9-5-3-6-10-19)20-11-7-4-8-12-20/h3-12,15-16,21H,13-14,17H2,1-2H3,(H,25,28). The van der Waals surface area contributed by atoms with Crippen LogP contribution in [0.3, 0.4) is 0 Å². The molecule has 0 aliphatic carbocycles. The van der Waals surface area contributed by atoms with Crippen LogP contribution in [0.4, 0.5) is 0 Å². The van der Waals surface area contributed by atoms with Crippen molar-refractivity contribution in [1.82, 2.24) is 9.88 Å². The first kappa shape index (κ1) is 20.4. The molecule has 0 saturated carbocycles. The summed E-state index contributed by atoms with van der Waals surface area (Å²) in [6.45, 7) is 2.50. The van der Waals surface area contributed by atoms with E-state index in [1.54, 1.807) is 17.7 Å². The van der Waals surface area contributed by atoms with Gasteiger partial charge in [0.2, 0.25) is 11.3 Å². The monoisotopic (exact) mass is 390 g/mol. The number of methoxy groups -OCH3 is 1. The maximum absolute atomic E-state index is 12.5. The Morgan fingerprint density at radius 1 is 1.03 bits per heavy atom. The average molecular weight is 390 g/mol. The van der Waals surface area contributed by atoms with Crippen molar-refractivity contribution in [3.05, 3.63) is 100.0 Å². The first-order chi connectivity index (χ1) is 14.1. The number of aryl methyl sites for hydroxylation is 1. The van der Waals surface area contributed by atoms with E-state index in [1.807, 2.05) is 36.4 Å². The van der Waals surface area contributed by atoms with Crippen molar-refractivity contribution in [3.8, 4) is 5.75 Å². The topological polar surface area (TPSA) is 60.3 Å². The van der Waals surface area contributed by atoms with Crippen molar-refractivity contribution in [2.24, 2.45) is 0 Å². The molecular weight excluding hydrogens is 364 g/mol. The van der Waals surface area contributed by atoms with Gasteiger partial charge in [0.15, 0.2) is 5.75 Å². The van der Waals surface area contributed by atoms with Crippen LogP contribution in [-0.4, -0.2) is 24.1 Å². The number of rotatable bonds is 8. The largest absolute Gasteiger partial charge is 0.491 e. The molecule has 0 radical (unpaired) electrons. The molecule has 0 aliphatic heterocycles. The summed E-state index contributed by atoms with van der Waals surface area (Å²) in [7, 11) is 1.45. The fourth-order valence-electron chi connectivity index (χ4n) is 3.44. The number of hydrogen-bond donors (Lipinski definition) is 1. The van der Waals surface area contributed by atoms with E-state index in [2.05, 4.69) is 29.6 Å². The molecular formula is C24H26N2O3. The molecule has 2 aromatic carbocycles. The number of benzene rings is 2. The number of amides is 1. The van der Waals surface area contributed by atoms with Crippen molar-refractivity contribution in [3.63, 3.8) is 0 Å². The Morgan fingerprint density at radius 2 is 1.62 bits per heavy atom. The Kier molecular flexibility index (Phi) is 6.85. The fourth-order valence-corrected chi connectivity index (χ4v) is 3.44. The highest BCUT2D eigenvalue weighted by molar-refractivity contribution is 5.75. The molecule has 150 valence electrons. The molecule has 1 aromatic heterocycles. The van der Waals surface area contributed by atoms with E-state index < -0.39 is 0 Å². The fraction of sp³-hybridized carbons (Fsp3) is 0.250. The zero-order chi connectivity index (χ0) is 20.6. The van der Waals surface area contributed by atoms with Gasteiger partial charge < -0.3 is 14.6 Å². The van der Waals surface area contributed by atoms with Gasteiger partial charge in [-0.2, -0.15) is 0 Å². The molecule has 0 unspecified atom stereocenters. The zero-order valence-corrected chi connectivity index (χ0v) is 16.8. The molecule has 0 fully saturated rings. The molecule has 3 rings (SSSR count). The summed E-state index contributed by atoms with van der Waals surface area (Å²) < 4.78 is 6.79. The number of nitrogens with one attached hydrogen (secondary N) is 1. The highest BCUT2D eigenvalue weighted by atomic mass is 16.5. The normalized spacial score (nSPS) is 10.7. The Balaban J connectivity index is 1.64. The summed E-state index contributed by atoms with van der Waals surface area (Å²) in [4.78, 5) is 24.2. The first-order valence-electron chi connectivity index (χ1n) is 9.70. The van der Waals surface area contributed by atoms with E-state index >= 15 is 0 Å². The van der Waals surface area contributed by atoms with Gasteiger partial charge in [-0.3, -0.25) is 9.59 Å². The summed E-state index contributed by atoms with van der Waals surface area (Å²) in [5, 5.41) is 3.00. The molecule has 5 heteroatoms. The third-order valence-corrected chi connectivity index (χ3v) is 5.00. The summed E-state index contributed by atoms with van der Waals surface area (Å²) in [6.07, 6.45) is 2.38. The van der Waals surface area contributed by atoms with E-state index in [0.717, 1.165) is 12.1 Å². The SMILES string of the molecule is COc1cn(CC(=O)NCCC(c2ccccc2)c2ccccc2)c(C)cc1=O. The first-order valence-corrected chi connectivity index (χ1v) is 9.70. The van der Waals surface area contributed by atoms with E-state index in [0.29, 0.717) is 6.54 Å². The molecule has 1 amide bonds. The number of carbonyl (C=O) groups excluding carboxylic acids is 1. The summed E-state index contributed by atoms with van der Waals surface area (Å²) in [5.74, 6) is 0.349. The van der Waals surface area contributed by atoms with E-state index in [-0.39, 0.29) is 29.5 Å². The Bertz CT molecular complexity index is 958. The van der Waals surface area contributed by atoms with Gasteiger partial charge in [-0.25, -0.2) is 0 Å². The quantitative estimate of drug-likeness (QED) is 0.640. The van der Waals surface area contributed by atoms with Crippen LogP contribution < -0.4 is 15.5 Å². The molecule has 3 aromatic rings. The number of pyridine rings is 1. The Hall–Kier alpha value is -3.34. The molecule has 1 heterocycles. The van der Waals surface area contributed by atoms with Crippen LogP contribution in [0.25, 0.3) is 0 Å². The third-order valence-electron chi connectivity index (χ3n) is 5.00. The lowest BCUT2D eigenvalue weighted by Crippen LogP contribution is -2.30. The van der Waals surface area contributed by atoms with E-state index in [4.69, 9.17) is 4.74 Å². The van der Waals surface area contributed by atoms with Gasteiger partial charge in [0.25, 0.3) is 0 Å². The highest BCUT2D eigenvalue weighted by Gasteiger charge is 2.14. The smallest absolute Gasteiger partial charge is 0.239 e. The van der Waals surface area contributed by atoms with Gasteiger partial charge in [0.1, 0.15) is 6.54 Å². The molecule has 0 atom stereocenters. The van der Waals surface area contributed by atoms with Gasteiger partial charge in [0.05, 0.1) is 13.3 Å². The number of carbonyl (C=O) groups is 1. The van der Waals surface area contributed by atoms with Crippen molar-refractivity contribution in [2.45, 2.75) is 25.8 Å². The number of nitrogens with zero attached hydrogens (tertiary/aromatic N) is 1. The van der Waals surface area contributed by atoms with Crippen LogP contribution in [0.2, 0.25) is 0 Å². The van der Waals surface area contributed by atoms with E-state index in [1.165, 1.54) is 24.3 Å². The van der Waals surface area contributed by atoms with Gasteiger partial charge in [-0.1, -0.05) is 60.7 Å². The number of hydrogen-bond acceptors (Lipinski definition) is 3. The van der Waals surface area contributed by atoms with Crippen LogP contribution in [0.1, 0.15) is 29.2 Å². The van der Waals surface area contributed by atoms with Gasteiger partial charge in [-0.05, 0) is 24.5 Å². The summed E-state index contributed by atoms with van der Waals surface area (Å²) >= 11 is 0. The maximum atomic E-state index is 12.5.